The van der Waals surface area contributed by atoms with Gasteiger partial charge in [0.15, 0.2) is 11.8 Å². The molecule has 0 aliphatic carbocycles. The van der Waals surface area contributed by atoms with E-state index in [9.17, 15) is 23.1 Å². The highest BCUT2D eigenvalue weighted by Gasteiger charge is 2.31. The number of aliphatic hydroxyl groups is 1. The number of anilines is 1. The molecule has 156 valence electrons. The lowest BCUT2D eigenvalue weighted by Gasteiger charge is -2.20. The number of pyridine rings is 1. The zero-order valence-electron chi connectivity index (χ0n) is 15.0. The third-order valence-corrected chi connectivity index (χ3v) is 5.53. The Labute approximate surface area is 177 Å². The molecular formula is C17H17Cl2N3O6S. The smallest absolute Gasteiger partial charge is 0.327 e. The van der Waals surface area contributed by atoms with Crippen LogP contribution in [-0.4, -0.2) is 49.1 Å². The molecule has 0 spiro atoms. The number of aliphatic hydroxyl groups excluding tert-OH is 1. The van der Waals surface area contributed by atoms with Gasteiger partial charge < -0.3 is 15.2 Å². The van der Waals surface area contributed by atoms with E-state index in [1.807, 2.05) is 0 Å². The van der Waals surface area contributed by atoms with Gasteiger partial charge >= 0.3 is 5.97 Å². The van der Waals surface area contributed by atoms with Crippen LogP contribution in [0.1, 0.15) is 6.92 Å². The molecule has 29 heavy (non-hydrogen) atoms. The number of rotatable bonds is 8. The summed E-state index contributed by atoms with van der Waals surface area (Å²) in [5.74, 6) is -1.86. The van der Waals surface area contributed by atoms with Crippen molar-refractivity contribution in [3.63, 3.8) is 0 Å². The van der Waals surface area contributed by atoms with Crippen molar-refractivity contribution in [1.82, 2.24) is 9.71 Å². The van der Waals surface area contributed by atoms with E-state index >= 15 is 0 Å². The second kappa shape index (κ2) is 9.99. The number of ether oxygens (including phenoxy) is 1. The molecule has 0 unspecified atom stereocenters. The van der Waals surface area contributed by atoms with Gasteiger partial charge in [0.1, 0.15) is 6.04 Å². The van der Waals surface area contributed by atoms with E-state index in [4.69, 9.17) is 27.9 Å². The number of nitrogens with zero attached hydrogens (tertiary/aromatic N) is 1. The normalized spacial score (nSPS) is 13.4. The summed E-state index contributed by atoms with van der Waals surface area (Å²) in [6.07, 6.45) is -0.00157. The first-order valence-corrected chi connectivity index (χ1v) is 10.4. The minimum absolute atomic E-state index is 0.0461. The Hall–Kier alpha value is -2.24. The monoisotopic (exact) mass is 461 g/mol. The van der Waals surface area contributed by atoms with E-state index in [2.05, 4.69) is 15.0 Å². The van der Waals surface area contributed by atoms with E-state index in [0.29, 0.717) is 5.02 Å². The van der Waals surface area contributed by atoms with Crippen LogP contribution in [0.2, 0.25) is 10.2 Å². The zero-order valence-corrected chi connectivity index (χ0v) is 17.3. The summed E-state index contributed by atoms with van der Waals surface area (Å²) >= 11 is 11.5. The maximum atomic E-state index is 12.4. The average Bonchev–Trinajstić information content (AvgIpc) is 2.66. The van der Waals surface area contributed by atoms with Crippen LogP contribution in [0.4, 0.5) is 5.69 Å². The maximum absolute atomic E-state index is 12.4. The molecule has 0 aliphatic rings. The van der Waals surface area contributed by atoms with Crippen molar-refractivity contribution in [3.05, 3.63) is 52.8 Å². The first-order valence-electron chi connectivity index (χ1n) is 8.13. The summed E-state index contributed by atoms with van der Waals surface area (Å²) < 4.78 is 31.7. The average molecular weight is 462 g/mol. The molecule has 1 amide bonds. The number of halogens is 2. The van der Waals surface area contributed by atoms with Crippen LogP contribution in [0.5, 0.6) is 0 Å². The number of amides is 1. The Kier molecular flexibility index (Phi) is 7.94. The van der Waals surface area contributed by atoms with Gasteiger partial charge in [0.2, 0.25) is 10.0 Å². The summed E-state index contributed by atoms with van der Waals surface area (Å²) in [6.45, 7) is 0.474. The molecule has 2 rings (SSSR count). The molecule has 0 saturated carbocycles. The molecule has 0 aliphatic heterocycles. The maximum Gasteiger partial charge on any atom is 0.327 e. The van der Waals surface area contributed by atoms with E-state index in [-0.39, 0.29) is 15.7 Å². The van der Waals surface area contributed by atoms with Gasteiger partial charge in [-0.3, -0.25) is 9.59 Å². The van der Waals surface area contributed by atoms with Crippen molar-refractivity contribution in [1.29, 1.82) is 0 Å². The second-order valence-electron chi connectivity index (χ2n) is 5.79. The Morgan fingerprint density at radius 2 is 1.86 bits per heavy atom. The lowest BCUT2D eigenvalue weighted by atomic mass is 10.2. The van der Waals surface area contributed by atoms with Crippen LogP contribution in [0.3, 0.4) is 0 Å². The van der Waals surface area contributed by atoms with E-state index in [1.165, 1.54) is 43.5 Å². The van der Waals surface area contributed by atoms with Gasteiger partial charge in [-0.15, -0.1) is 0 Å². The van der Waals surface area contributed by atoms with Crippen molar-refractivity contribution in [2.45, 2.75) is 24.0 Å². The molecule has 0 saturated heterocycles. The van der Waals surface area contributed by atoms with E-state index in [0.717, 1.165) is 0 Å². The van der Waals surface area contributed by atoms with Gasteiger partial charge in [0, 0.05) is 11.2 Å². The largest absolute Gasteiger partial charge is 0.454 e. The molecule has 1 aromatic carbocycles. The lowest BCUT2D eigenvalue weighted by Crippen LogP contribution is -2.48. The van der Waals surface area contributed by atoms with Crippen molar-refractivity contribution >= 4 is 50.8 Å². The van der Waals surface area contributed by atoms with Crippen molar-refractivity contribution in [2.75, 3.05) is 11.9 Å². The fraction of sp³-hybridized carbons (Fsp3) is 0.235. The Bertz CT molecular complexity index is 983. The minimum Gasteiger partial charge on any atom is -0.454 e. The number of nitrogens with one attached hydrogen (secondary N) is 2. The number of esters is 1. The first-order chi connectivity index (χ1) is 13.6. The number of carbonyl (C=O) groups is 2. The molecule has 12 heteroatoms. The fourth-order valence-electron chi connectivity index (χ4n) is 2.08. The molecular weight excluding hydrogens is 445 g/mol. The molecule has 1 aromatic heterocycles. The highest BCUT2D eigenvalue weighted by Crippen LogP contribution is 2.17. The fourth-order valence-corrected chi connectivity index (χ4v) is 3.63. The SMILES string of the molecule is C[C@@H](O)[C@H](NS(=O)(=O)c1ccc(Cl)cc1)C(=O)OCC(=O)Nc1cccnc1Cl. The lowest BCUT2D eigenvalue weighted by molar-refractivity contribution is -0.151. The summed E-state index contributed by atoms with van der Waals surface area (Å²) in [7, 11) is -4.15. The third-order valence-electron chi connectivity index (χ3n) is 3.52. The molecule has 0 radical (unpaired) electrons. The van der Waals surface area contributed by atoms with Gasteiger partial charge in [-0.25, -0.2) is 13.4 Å². The highest BCUT2D eigenvalue weighted by molar-refractivity contribution is 7.89. The van der Waals surface area contributed by atoms with Crippen LogP contribution in [0, 0.1) is 0 Å². The van der Waals surface area contributed by atoms with Crippen LogP contribution in [0.25, 0.3) is 0 Å². The Balaban J connectivity index is 2.01. The van der Waals surface area contributed by atoms with Gasteiger partial charge in [-0.05, 0) is 43.3 Å². The van der Waals surface area contributed by atoms with Gasteiger partial charge in [-0.1, -0.05) is 23.2 Å². The van der Waals surface area contributed by atoms with Crippen LogP contribution < -0.4 is 10.0 Å². The highest BCUT2D eigenvalue weighted by atomic mass is 35.5. The molecule has 3 N–H and O–H groups in total. The van der Waals surface area contributed by atoms with Gasteiger partial charge in [0.05, 0.1) is 16.7 Å². The topological polar surface area (TPSA) is 135 Å². The molecule has 1 heterocycles. The van der Waals surface area contributed by atoms with Crippen molar-refractivity contribution in [3.8, 4) is 0 Å². The van der Waals surface area contributed by atoms with Crippen molar-refractivity contribution < 1.29 is 27.9 Å². The zero-order chi connectivity index (χ0) is 21.6. The number of sulfonamides is 1. The Morgan fingerprint density at radius 3 is 2.45 bits per heavy atom. The third kappa shape index (κ3) is 6.65. The van der Waals surface area contributed by atoms with Crippen LogP contribution in [0.15, 0.2) is 47.5 Å². The minimum atomic E-state index is -4.15. The number of hydrogen-bond acceptors (Lipinski definition) is 7. The predicted molar refractivity (Wildman–Crippen MR) is 106 cm³/mol. The molecule has 0 fully saturated rings. The summed E-state index contributed by atoms with van der Waals surface area (Å²) in [5, 5.41) is 12.6. The van der Waals surface area contributed by atoms with Gasteiger partial charge in [-0.2, -0.15) is 4.72 Å². The predicted octanol–water partition coefficient (Wildman–Crippen LogP) is 1.60. The second-order valence-corrected chi connectivity index (χ2v) is 8.30. The standard InChI is InChI=1S/C17H17Cl2N3O6S/c1-10(23)15(22-29(26,27)12-6-4-11(18)5-7-12)17(25)28-9-14(24)21-13-3-2-8-20-16(13)19/h2-8,10,15,22-23H,9H2,1H3,(H,21,24)/t10-,15+/m1/s1. The quantitative estimate of drug-likeness (QED) is 0.401. The summed E-state index contributed by atoms with van der Waals surface area (Å²) in [4.78, 5) is 27.8. The van der Waals surface area contributed by atoms with Crippen molar-refractivity contribution in [2.24, 2.45) is 0 Å². The first kappa shape index (κ1) is 23.0. The van der Waals surface area contributed by atoms with Crippen LogP contribution >= 0.6 is 23.2 Å². The molecule has 0 bridgehead atoms. The number of carbonyl (C=O) groups excluding carboxylic acids is 2. The summed E-state index contributed by atoms with van der Waals surface area (Å²) in [6, 6.07) is 6.60. The van der Waals surface area contributed by atoms with Gasteiger partial charge in [0.25, 0.3) is 5.91 Å². The molecule has 2 atom stereocenters. The molecule has 2 aromatic rings. The van der Waals surface area contributed by atoms with E-state index in [1.54, 1.807) is 6.07 Å². The number of hydrogen-bond donors (Lipinski definition) is 3. The summed E-state index contributed by atoms with van der Waals surface area (Å²) in [5.41, 5.74) is 0.214. The van der Waals surface area contributed by atoms with E-state index < -0.39 is 40.7 Å². The Morgan fingerprint density at radius 1 is 1.21 bits per heavy atom. The number of benzene rings is 1. The van der Waals surface area contributed by atoms with Crippen LogP contribution in [-0.2, 0) is 24.3 Å². The number of aromatic nitrogens is 1. The molecule has 9 nitrogen and oxygen atoms in total.